The number of anilines is 1. The molecule has 0 unspecified atom stereocenters. The third-order valence-electron chi connectivity index (χ3n) is 3.04. The van der Waals surface area contributed by atoms with Gasteiger partial charge in [-0.1, -0.05) is 12.1 Å². The molecular weight excluding hydrogens is 246 g/mol. The van der Waals surface area contributed by atoms with Crippen LogP contribution in [0.15, 0.2) is 18.2 Å². The molecule has 1 aliphatic rings. The first-order chi connectivity index (χ1) is 7.70. The molecule has 1 fully saturated rings. The summed E-state index contributed by atoms with van der Waals surface area (Å²) in [5, 5.41) is 3.25. The number of alkyl halides is 2. The van der Waals surface area contributed by atoms with Crippen LogP contribution < -0.4 is 10.2 Å². The van der Waals surface area contributed by atoms with E-state index < -0.39 is 6.43 Å². The van der Waals surface area contributed by atoms with Gasteiger partial charge in [0.05, 0.1) is 0 Å². The minimum absolute atomic E-state index is 0. The number of halogens is 3. The predicted molar refractivity (Wildman–Crippen MR) is 68.5 cm³/mol. The van der Waals surface area contributed by atoms with E-state index in [1.54, 1.807) is 13.0 Å². The molecule has 1 N–H and O–H groups in total. The molecule has 0 atom stereocenters. The summed E-state index contributed by atoms with van der Waals surface area (Å²) in [5.41, 5.74) is 1.80. The Bertz CT molecular complexity index is 366. The standard InChI is InChI=1S/C12H16F2N2.ClH/c1-9-10(12(13)14)3-2-4-11(9)16-7-5-15-6-8-16;/h2-4,12,15H,5-8H2,1H3;1H. The van der Waals surface area contributed by atoms with E-state index in [1.807, 2.05) is 6.07 Å². The Morgan fingerprint density at radius 1 is 1.24 bits per heavy atom. The molecule has 2 nitrogen and oxygen atoms in total. The molecule has 5 heteroatoms. The van der Waals surface area contributed by atoms with E-state index in [1.165, 1.54) is 6.07 Å². The molecule has 0 bridgehead atoms. The maximum atomic E-state index is 12.7. The summed E-state index contributed by atoms with van der Waals surface area (Å²) in [6.45, 7) is 5.37. The highest BCUT2D eigenvalue weighted by atomic mass is 35.5. The summed E-state index contributed by atoms with van der Waals surface area (Å²) in [6.07, 6.45) is -2.39. The summed E-state index contributed by atoms with van der Waals surface area (Å²) in [7, 11) is 0. The fourth-order valence-electron chi connectivity index (χ4n) is 2.13. The van der Waals surface area contributed by atoms with E-state index in [0.29, 0.717) is 5.56 Å². The molecule has 0 aliphatic carbocycles. The van der Waals surface area contributed by atoms with E-state index in [-0.39, 0.29) is 18.0 Å². The van der Waals surface area contributed by atoms with Gasteiger partial charge in [-0.2, -0.15) is 0 Å². The number of rotatable bonds is 2. The topological polar surface area (TPSA) is 15.3 Å². The number of hydrogen-bond donors (Lipinski definition) is 1. The van der Waals surface area contributed by atoms with Crippen LogP contribution in [0.1, 0.15) is 17.6 Å². The van der Waals surface area contributed by atoms with Crippen LogP contribution in [0.25, 0.3) is 0 Å². The van der Waals surface area contributed by atoms with Crippen molar-refractivity contribution in [2.45, 2.75) is 13.3 Å². The predicted octanol–water partition coefficient (Wildman–Crippen LogP) is 2.76. The van der Waals surface area contributed by atoms with Crippen LogP contribution in [0.4, 0.5) is 14.5 Å². The second-order valence-electron chi connectivity index (χ2n) is 4.03. The van der Waals surface area contributed by atoms with Crippen LogP contribution in [-0.4, -0.2) is 26.2 Å². The second kappa shape index (κ2) is 6.17. The van der Waals surface area contributed by atoms with Gasteiger partial charge in [0, 0.05) is 37.4 Å². The van der Waals surface area contributed by atoms with Crippen molar-refractivity contribution < 1.29 is 8.78 Å². The van der Waals surface area contributed by atoms with Gasteiger partial charge in [0.25, 0.3) is 6.43 Å². The van der Waals surface area contributed by atoms with Crippen LogP contribution in [-0.2, 0) is 0 Å². The van der Waals surface area contributed by atoms with Crippen molar-refractivity contribution in [3.63, 3.8) is 0 Å². The Labute approximate surface area is 106 Å². The Balaban J connectivity index is 0.00000144. The van der Waals surface area contributed by atoms with E-state index >= 15 is 0 Å². The highest BCUT2D eigenvalue weighted by Crippen LogP contribution is 2.29. The Hall–Kier alpha value is -0.870. The van der Waals surface area contributed by atoms with Gasteiger partial charge in [-0.05, 0) is 18.6 Å². The van der Waals surface area contributed by atoms with Crippen LogP contribution in [0, 0.1) is 6.92 Å². The molecule has 0 saturated carbocycles. The van der Waals surface area contributed by atoms with Crippen LogP contribution in [0.3, 0.4) is 0 Å². The molecule has 0 aromatic heterocycles. The van der Waals surface area contributed by atoms with E-state index in [9.17, 15) is 8.78 Å². The molecule has 0 amide bonds. The second-order valence-corrected chi connectivity index (χ2v) is 4.03. The molecule has 1 aromatic rings. The molecule has 96 valence electrons. The van der Waals surface area contributed by atoms with Gasteiger partial charge in [-0.3, -0.25) is 0 Å². The number of piperazine rings is 1. The molecule has 0 spiro atoms. The fraction of sp³-hybridized carbons (Fsp3) is 0.500. The zero-order valence-corrected chi connectivity index (χ0v) is 10.6. The SMILES string of the molecule is Cc1c(C(F)F)cccc1N1CCNCC1.Cl. The van der Waals surface area contributed by atoms with Crippen molar-refractivity contribution in [2.24, 2.45) is 0 Å². The van der Waals surface area contributed by atoms with E-state index in [0.717, 1.165) is 31.9 Å². The first-order valence-electron chi connectivity index (χ1n) is 5.53. The normalized spacial score (nSPS) is 15.9. The van der Waals surface area contributed by atoms with Gasteiger partial charge < -0.3 is 10.2 Å². The molecule has 17 heavy (non-hydrogen) atoms. The van der Waals surface area contributed by atoms with E-state index in [2.05, 4.69) is 10.2 Å². The summed E-state index contributed by atoms with van der Waals surface area (Å²) in [6, 6.07) is 5.14. The summed E-state index contributed by atoms with van der Waals surface area (Å²) >= 11 is 0. The number of nitrogens with one attached hydrogen (secondary N) is 1. The van der Waals surface area contributed by atoms with E-state index in [4.69, 9.17) is 0 Å². The lowest BCUT2D eigenvalue weighted by atomic mass is 10.1. The Morgan fingerprint density at radius 2 is 1.88 bits per heavy atom. The van der Waals surface area contributed by atoms with Crippen molar-refractivity contribution in [3.8, 4) is 0 Å². The van der Waals surface area contributed by atoms with Gasteiger partial charge in [0.1, 0.15) is 0 Å². The lowest BCUT2D eigenvalue weighted by Gasteiger charge is -2.31. The zero-order valence-electron chi connectivity index (χ0n) is 9.75. The number of hydrogen-bond acceptors (Lipinski definition) is 2. The molecule has 0 radical (unpaired) electrons. The number of nitrogens with zero attached hydrogens (tertiary/aromatic N) is 1. The molecule has 1 aromatic carbocycles. The molecule has 1 saturated heterocycles. The quantitative estimate of drug-likeness (QED) is 0.882. The van der Waals surface area contributed by atoms with Gasteiger partial charge in [0.2, 0.25) is 0 Å². The zero-order chi connectivity index (χ0) is 11.5. The molecule has 1 heterocycles. The van der Waals surface area contributed by atoms with Gasteiger partial charge in [0.15, 0.2) is 0 Å². The maximum absolute atomic E-state index is 12.7. The lowest BCUT2D eigenvalue weighted by Crippen LogP contribution is -2.43. The van der Waals surface area contributed by atoms with Crippen LogP contribution in [0.5, 0.6) is 0 Å². The monoisotopic (exact) mass is 262 g/mol. The highest BCUT2D eigenvalue weighted by Gasteiger charge is 2.17. The lowest BCUT2D eigenvalue weighted by molar-refractivity contribution is 0.150. The third-order valence-corrected chi connectivity index (χ3v) is 3.04. The summed E-state index contributed by atoms with van der Waals surface area (Å²) < 4.78 is 25.5. The summed E-state index contributed by atoms with van der Waals surface area (Å²) in [4.78, 5) is 2.16. The van der Waals surface area contributed by atoms with Crippen molar-refractivity contribution >= 4 is 18.1 Å². The molecule has 2 rings (SSSR count). The van der Waals surface area contributed by atoms with Crippen LogP contribution >= 0.6 is 12.4 Å². The first-order valence-corrected chi connectivity index (χ1v) is 5.53. The van der Waals surface area contributed by atoms with Crippen LogP contribution in [0.2, 0.25) is 0 Å². The van der Waals surface area contributed by atoms with Gasteiger partial charge in [-0.15, -0.1) is 12.4 Å². The van der Waals surface area contributed by atoms with Crippen molar-refractivity contribution in [2.75, 3.05) is 31.1 Å². The average Bonchev–Trinajstić information content (AvgIpc) is 2.30. The van der Waals surface area contributed by atoms with Gasteiger partial charge in [-0.25, -0.2) is 8.78 Å². The largest absolute Gasteiger partial charge is 0.369 e. The maximum Gasteiger partial charge on any atom is 0.264 e. The highest BCUT2D eigenvalue weighted by molar-refractivity contribution is 5.85. The molecule has 1 aliphatic heterocycles. The summed E-state index contributed by atoms with van der Waals surface area (Å²) in [5.74, 6) is 0. The van der Waals surface area contributed by atoms with Crippen molar-refractivity contribution in [1.82, 2.24) is 5.32 Å². The van der Waals surface area contributed by atoms with Gasteiger partial charge >= 0.3 is 0 Å². The smallest absolute Gasteiger partial charge is 0.264 e. The Kier molecular flexibility index (Phi) is 5.15. The fourth-order valence-corrected chi connectivity index (χ4v) is 2.13. The number of benzene rings is 1. The Morgan fingerprint density at radius 3 is 2.47 bits per heavy atom. The van der Waals surface area contributed by atoms with Crippen molar-refractivity contribution in [1.29, 1.82) is 0 Å². The average molecular weight is 263 g/mol. The first kappa shape index (κ1) is 14.2. The third kappa shape index (κ3) is 3.07. The minimum atomic E-state index is -2.39. The van der Waals surface area contributed by atoms with Crippen molar-refractivity contribution in [3.05, 3.63) is 29.3 Å². The molecular formula is C12H17ClF2N2. The minimum Gasteiger partial charge on any atom is -0.369 e.